The third-order valence-corrected chi connectivity index (χ3v) is 4.74. The Morgan fingerprint density at radius 3 is 2.38 bits per heavy atom. The van der Waals surface area contributed by atoms with Crippen molar-refractivity contribution in [1.82, 2.24) is 4.98 Å². The lowest BCUT2D eigenvalue weighted by atomic mass is 10.2. The minimum atomic E-state index is -3.78. The second-order valence-electron chi connectivity index (χ2n) is 4.55. The zero-order valence-corrected chi connectivity index (χ0v) is 13.6. The van der Waals surface area contributed by atoms with E-state index in [1.54, 1.807) is 19.9 Å². The maximum absolute atomic E-state index is 12.4. The topological polar surface area (TPSA) is 85.1 Å². The number of nitrogens with one attached hydrogen (secondary N) is 1. The summed E-state index contributed by atoms with van der Waals surface area (Å²) in [5.74, 6) is 0. The molecule has 0 radical (unpaired) electrons. The number of nitrogens with zero attached hydrogens (tertiary/aromatic N) is 1. The molecule has 21 heavy (non-hydrogen) atoms. The molecule has 0 spiro atoms. The number of halogens is 2. The summed E-state index contributed by atoms with van der Waals surface area (Å²) in [6.07, 6.45) is 0. The third kappa shape index (κ3) is 3.40. The highest BCUT2D eigenvalue weighted by Crippen LogP contribution is 2.29. The maximum Gasteiger partial charge on any atom is 0.262 e. The highest BCUT2D eigenvalue weighted by atomic mass is 35.5. The van der Waals surface area contributed by atoms with Crippen molar-refractivity contribution in [3.63, 3.8) is 0 Å². The molecule has 2 rings (SSSR count). The standard InChI is InChI=1S/C13H13Cl2N3O2S/c1-7-5-9(3-4-10(7)16)21(19,20)18-12-8(2)6-11(14)17-13(12)15/h3-6,18H,16H2,1-2H3. The quantitative estimate of drug-likeness (QED) is 0.659. The van der Waals surface area contributed by atoms with Crippen molar-refractivity contribution in [2.45, 2.75) is 18.7 Å². The number of rotatable bonds is 3. The van der Waals surface area contributed by atoms with Crippen molar-refractivity contribution in [1.29, 1.82) is 0 Å². The number of aromatic nitrogens is 1. The molecule has 0 amide bonds. The molecule has 0 aliphatic carbocycles. The Balaban J connectivity index is 2.44. The minimum Gasteiger partial charge on any atom is -0.399 e. The van der Waals surface area contributed by atoms with Crippen LogP contribution in [0.2, 0.25) is 10.3 Å². The normalized spacial score (nSPS) is 11.4. The molecule has 2 aromatic rings. The van der Waals surface area contributed by atoms with Crippen molar-refractivity contribution in [2.75, 3.05) is 10.5 Å². The fourth-order valence-electron chi connectivity index (χ4n) is 1.73. The van der Waals surface area contributed by atoms with E-state index in [2.05, 4.69) is 9.71 Å². The number of aryl methyl sites for hydroxylation is 2. The van der Waals surface area contributed by atoms with Crippen molar-refractivity contribution >= 4 is 44.6 Å². The van der Waals surface area contributed by atoms with Crippen LogP contribution in [0.4, 0.5) is 11.4 Å². The van der Waals surface area contributed by atoms with Gasteiger partial charge in [0, 0.05) is 5.69 Å². The van der Waals surface area contributed by atoms with Crippen molar-refractivity contribution in [3.05, 3.63) is 45.7 Å². The van der Waals surface area contributed by atoms with Gasteiger partial charge in [-0.25, -0.2) is 13.4 Å². The van der Waals surface area contributed by atoms with E-state index in [0.29, 0.717) is 16.8 Å². The van der Waals surface area contributed by atoms with Gasteiger partial charge in [-0.05, 0) is 49.2 Å². The van der Waals surface area contributed by atoms with Gasteiger partial charge >= 0.3 is 0 Å². The molecule has 0 saturated heterocycles. The summed E-state index contributed by atoms with van der Waals surface area (Å²) in [6, 6.07) is 5.99. The van der Waals surface area contributed by atoms with Crippen LogP contribution < -0.4 is 10.5 Å². The van der Waals surface area contributed by atoms with Gasteiger partial charge in [0.1, 0.15) is 5.15 Å². The summed E-state index contributed by atoms with van der Waals surface area (Å²) < 4.78 is 27.2. The Morgan fingerprint density at radius 2 is 1.81 bits per heavy atom. The van der Waals surface area contributed by atoms with Crippen LogP contribution in [0.5, 0.6) is 0 Å². The molecule has 0 unspecified atom stereocenters. The highest BCUT2D eigenvalue weighted by Gasteiger charge is 2.18. The highest BCUT2D eigenvalue weighted by molar-refractivity contribution is 7.92. The van der Waals surface area contributed by atoms with Gasteiger partial charge in [0.15, 0.2) is 5.15 Å². The van der Waals surface area contributed by atoms with Gasteiger partial charge in [-0.3, -0.25) is 4.72 Å². The molecule has 0 bridgehead atoms. The molecule has 0 aliphatic heterocycles. The van der Waals surface area contributed by atoms with Crippen LogP contribution in [0, 0.1) is 13.8 Å². The van der Waals surface area contributed by atoms with Crippen LogP contribution in [0.25, 0.3) is 0 Å². The Kier molecular flexibility index (Phi) is 4.32. The number of benzene rings is 1. The van der Waals surface area contributed by atoms with E-state index >= 15 is 0 Å². The fraction of sp³-hybridized carbons (Fsp3) is 0.154. The minimum absolute atomic E-state index is 0.00394. The lowest BCUT2D eigenvalue weighted by Crippen LogP contribution is -2.15. The smallest absolute Gasteiger partial charge is 0.262 e. The van der Waals surface area contributed by atoms with Crippen LogP contribution in [-0.4, -0.2) is 13.4 Å². The first-order valence-electron chi connectivity index (χ1n) is 5.92. The number of hydrogen-bond acceptors (Lipinski definition) is 4. The van der Waals surface area contributed by atoms with Crippen LogP contribution in [0.1, 0.15) is 11.1 Å². The van der Waals surface area contributed by atoms with Crippen molar-refractivity contribution in [3.8, 4) is 0 Å². The summed E-state index contributed by atoms with van der Waals surface area (Å²) in [6.45, 7) is 3.42. The number of nitrogen functional groups attached to an aromatic ring is 1. The molecule has 0 fully saturated rings. The van der Waals surface area contributed by atoms with Gasteiger partial charge in [-0.1, -0.05) is 23.2 Å². The molecule has 1 aromatic carbocycles. The van der Waals surface area contributed by atoms with Gasteiger partial charge in [0.2, 0.25) is 0 Å². The van der Waals surface area contributed by atoms with Gasteiger partial charge in [-0.15, -0.1) is 0 Å². The second kappa shape index (κ2) is 5.71. The number of nitrogens with two attached hydrogens (primary N) is 1. The zero-order chi connectivity index (χ0) is 15.8. The summed E-state index contributed by atoms with van der Waals surface area (Å²) in [5.41, 5.74) is 7.67. The molecule has 0 aliphatic rings. The van der Waals surface area contributed by atoms with E-state index in [1.807, 2.05) is 0 Å². The first-order chi connectivity index (χ1) is 9.70. The Morgan fingerprint density at radius 1 is 1.14 bits per heavy atom. The summed E-state index contributed by atoms with van der Waals surface area (Å²) >= 11 is 11.7. The van der Waals surface area contributed by atoms with E-state index in [0.717, 1.165) is 0 Å². The maximum atomic E-state index is 12.4. The van der Waals surface area contributed by atoms with Gasteiger partial charge in [0.05, 0.1) is 10.6 Å². The van der Waals surface area contributed by atoms with E-state index in [4.69, 9.17) is 28.9 Å². The van der Waals surface area contributed by atoms with Crippen LogP contribution in [-0.2, 0) is 10.0 Å². The summed E-state index contributed by atoms with van der Waals surface area (Å²) in [4.78, 5) is 3.92. The van der Waals surface area contributed by atoms with Gasteiger partial charge in [-0.2, -0.15) is 0 Å². The van der Waals surface area contributed by atoms with E-state index < -0.39 is 10.0 Å². The molecule has 0 saturated carbocycles. The number of sulfonamides is 1. The average Bonchev–Trinajstić information content (AvgIpc) is 2.37. The molecular formula is C13H13Cl2N3O2S. The lowest BCUT2D eigenvalue weighted by Gasteiger charge is -2.13. The molecule has 112 valence electrons. The Labute approximate surface area is 133 Å². The van der Waals surface area contributed by atoms with E-state index in [1.165, 1.54) is 18.2 Å². The first kappa shape index (κ1) is 15.9. The van der Waals surface area contributed by atoms with Crippen LogP contribution >= 0.6 is 23.2 Å². The molecule has 0 atom stereocenters. The largest absolute Gasteiger partial charge is 0.399 e. The SMILES string of the molecule is Cc1cc(S(=O)(=O)Nc2c(C)cc(Cl)nc2Cl)ccc1N. The van der Waals surface area contributed by atoms with Crippen LogP contribution in [0.3, 0.4) is 0 Å². The molecule has 5 nitrogen and oxygen atoms in total. The first-order valence-corrected chi connectivity index (χ1v) is 8.16. The summed E-state index contributed by atoms with van der Waals surface area (Å²) in [5, 5.41) is 0.194. The van der Waals surface area contributed by atoms with Crippen molar-refractivity contribution < 1.29 is 8.42 Å². The molecule has 1 heterocycles. The zero-order valence-electron chi connectivity index (χ0n) is 11.3. The molecule has 8 heteroatoms. The van der Waals surface area contributed by atoms with Crippen LogP contribution in [0.15, 0.2) is 29.2 Å². The lowest BCUT2D eigenvalue weighted by molar-refractivity contribution is 0.601. The monoisotopic (exact) mass is 345 g/mol. The Hall–Kier alpha value is -1.50. The average molecular weight is 346 g/mol. The van der Waals surface area contributed by atoms with E-state index in [-0.39, 0.29) is 20.9 Å². The molecular weight excluding hydrogens is 333 g/mol. The predicted molar refractivity (Wildman–Crippen MR) is 85.4 cm³/mol. The van der Waals surface area contributed by atoms with Gasteiger partial charge in [0.25, 0.3) is 10.0 Å². The summed E-state index contributed by atoms with van der Waals surface area (Å²) in [7, 11) is -3.78. The number of anilines is 2. The number of pyridine rings is 1. The molecule has 1 aromatic heterocycles. The Bertz CT molecular complexity index is 784. The predicted octanol–water partition coefficient (Wildman–Crippen LogP) is 3.39. The van der Waals surface area contributed by atoms with Crippen molar-refractivity contribution in [2.24, 2.45) is 0 Å². The van der Waals surface area contributed by atoms with E-state index in [9.17, 15) is 8.42 Å². The fourth-order valence-corrected chi connectivity index (χ4v) is 3.58. The van der Waals surface area contributed by atoms with Gasteiger partial charge < -0.3 is 5.73 Å². The number of hydrogen-bond donors (Lipinski definition) is 2. The second-order valence-corrected chi connectivity index (χ2v) is 6.98. The molecule has 3 N–H and O–H groups in total. The third-order valence-electron chi connectivity index (χ3n) is 2.93.